The molecule has 3 rings (SSSR count). The number of rotatable bonds is 10. The minimum Gasteiger partial charge on any atom is -0.496 e. The molecule has 0 unspecified atom stereocenters. The third-order valence-electron chi connectivity index (χ3n) is 5.52. The quantitative estimate of drug-likeness (QED) is 0.237. The molecule has 3 aromatic carbocycles. The van der Waals surface area contributed by atoms with Gasteiger partial charge < -0.3 is 28.4 Å². The van der Waals surface area contributed by atoms with Crippen LogP contribution < -0.4 is 28.4 Å². The summed E-state index contributed by atoms with van der Waals surface area (Å²) in [7, 11) is 9.30. The van der Waals surface area contributed by atoms with Crippen LogP contribution in [0.5, 0.6) is 34.5 Å². The number of hydrogen-bond acceptors (Lipinski definition) is 8. The predicted molar refractivity (Wildman–Crippen MR) is 126 cm³/mol. The van der Waals surface area contributed by atoms with Crippen LogP contribution in [0.25, 0.3) is 0 Å². The Morgan fingerprint density at radius 1 is 0.618 bits per heavy atom. The first-order chi connectivity index (χ1) is 16.4. The van der Waals surface area contributed by atoms with Gasteiger partial charge in [-0.1, -0.05) is 12.1 Å². The molecule has 34 heavy (non-hydrogen) atoms. The Morgan fingerprint density at radius 2 is 0.971 bits per heavy atom. The van der Waals surface area contributed by atoms with Gasteiger partial charge in [0.2, 0.25) is 0 Å². The van der Waals surface area contributed by atoms with Crippen LogP contribution in [0.2, 0.25) is 0 Å². The summed E-state index contributed by atoms with van der Waals surface area (Å²) in [6.45, 7) is 0. The number of hydrogen-bond donors (Lipinski definition) is 0. The van der Waals surface area contributed by atoms with Gasteiger partial charge in [-0.25, -0.2) is 0 Å². The molecule has 0 aliphatic heterocycles. The van der Waals surface area contributed by atoms with Gasteiger partial charge in [-0.15, -0.1) is 0 Å². The van der Waals surface area contributed by atoms with E-state index in [1.54, 1.807) is 79.1 Å². The lowest BCUT2D eigenvalue weighted by molar-refractivity contribution is -0.384. The fourth-order valence-electron chi connectivity index (χ4n) is 3.90. The summed E-state index contributed by atoms with van der Waals surface area (Å²) in [4.78, 5) is 10.8. The number of benzene rings is 3. The van der Waals surface area contributed by atoms with Gasteiger partial charge in [0.25, 0.3) is 5.69 Å². The maximum atomic E-state index is 11.3. The Labute approximate surface area is 197 Å². The second-order valence-corrected chi connectivity index (χ2v) is 7.17. The first kappa shape index (κ1) is 24.5. The summed E-state index contributed by atoms with van der Waals surface area (Å²) in [6, 6.07) is 13.3. The summed E-state index contributed by atoms with van der Waals surface area (Å²) in [6.07, 6.45) is 0. The first-order valence-corrected chi connectivity index (χ1v) is 10.3. The summed E-state index contributed by atoms with van der Waals surface area (Å²) in [5.74, 6) is 2.55. The van der Waals surface area contributed by atoms with Crippen LogP contribution in [0.4, 0.5) is 5.69 Å². The van der Waals surface area contributed by atoms with Crippen LogP contribution in [-0.4, -0.2) is 47.6 Å². The average molecular weight is 469 g/mol. The van der Waals surface area contributed by atoms with Crippen molar-refractivity contribution in [3.63, 3.8) is 0 Å². The van der Waals surface area contributed by atoms with Gasteiger partial charge in [0.15, 0.2) is 0 Å². The van der Waals surface area contributed by atoms with Crippen molar-refractivity contribution in [1.29, 1.82) is 0 Å². The Balaban J connectivity index is 2.42. The normalized spacial score (nSPS) is 10.6. The lowest BCUT2D eigenvalue weighted by Crippen LogP contribution is -2.11. The van der Waals surface area contributed by atoms with E-state index in [2.05, 4.69) is 0 Å². The fourth-order valence-corrected chi connectivity index (χ4v) is 3.90. The van der Waals surface area contributed by atoms with Gasteiger partial charge in [0.05, 0.1) is 47.6 Å². The van der Waals surface area contributed by atoms with E-state index >= 15 is 0 Å². The van der Waals surface area contributed by atoms with Crippen molar-refractivity contribution in [2.75, 3.05) is 42.7 Å². The Bertz CT molecular complexity index is 1050. The van der Waals surface area contributed by atoms with Crippen LogP contribution in [0.3, 0.4) is 0 Å². The molecule has 180 valence electrons. The summed E-state index contributed by atoms with van der Waals surface area (Å²) in [5.41, 5.74) is 2.04. The topological polar surface area (TPSA) is 98.5 Å². The summed E-state index contributed by atoms with van der Waals surface area (Å²) < 4.78 is 33.7. The SMILES string of the molecule is COc1cc(OC)c(C(c2ccc([N+](=O)[O-])cc2)c2c(OC)cc(OC)cc2OC)c(OC)c1. The molecule has 0 amide bonds. The molecule has 3 aromatic rings. The molecular formula is C25H27NO8. The molecular weight excluding hydrogens is 442 g/mol. The zero-order valence-corrected chi connectivity index (χ0v) is 19.9. The molecule has 0 heterocycles. The van der Waals surface area contributed by atoms with E-state index in [1.807, 2.05) is 0 Å². The number of nitro benzene ring substituents is 1. The lowest BCUT2D eigenvalue weighted by atomic mass is 9.82. The highest BCUT2D eigenvalue weighted by Gasteiger charge is 2.32. The predicted octanol–water partition coefficient (Wildman–Crippen LogP) is 4.83. The number of nitro groups is 1. The molecule has 0 saturated heterocycles. The standard InChI is InChI=1S/C25H27NO8/c1-29-17-11-19(31-3)24(20(12-17)32-4)23(15-7-9-16(10-8-15)26(27)28)25-21(33-5)13-18(30-2)14-22(25)34-6/h7-14,23H,1-6H3. The highest BCUT2D eigenvalue weighted by Crippen LogP contribution is 2.51. The fraction of sp³-hybridized carbons (Fsp3) is 0.280. The lowest BCUT2D eigenvalue weighted by Gasteiger charge is -2.27. The van der Waals surface area contributed by atoms with Crippen LogP contribution in [-0.2, 0) is 0 Å². The maximum absolute atomic E-state index is 11.3. The highest BCUT2D eigenvalue weighted by molar-refractivity contribution is 5.65. The van der Waals surface area contributed by atoms with Crippen molar-refractivity contribution >= 4 is 5.69 Å². The molecule has 0 radical (unpaired) electrons. The van der Waals surface area contributed by atoms with E-state index < -0.39 is 10.8 Å². The van der Waals surface area contributed by atoms with E-state index in [0.717, 1.165) is 5.56 Å². The maximum Gasteiger partial charge on any atom is 0.269 e. The van der Waals surface area contributed by atoms with E-state index in [4.69, 9.17) is 28.4 Å². The number of non-ortho nitro benzene ring substituents is 1. The zero-order chi connectivity index (χ0) is 24.8. The Kier molecular flexibility index (Phi) is 7.68. The second kappa shape index (κ2) is 10.7. The monoisotopic (exact) mass is 469 g/mol. The number of methoxy groups -OCH3 is 6. The molecule has 0 saturated carbocycles. The van der Waals surface area contributed by atoms with E-state index in [0.29, 0.717) is 45.6 Å². The van der Waals surface area contributed by atoms with Gasteiger partial charge in [-0.05, 0) is 5.56 Å². The van der Waals surface area contributed by atoms with E-state index in [1.165, 1.54) is 12.1 Å². The summed E-state index contributed by atoms with van der Waals surface area (Å²) in [5, 5.41) is 11.3. The Morgan fingerprint density at radius 3 is 1.24 bits per heavy atom. The largest absolute Gasteiger partial charge is 0.496 e. The van der Waals surface area contributed by atoms with Crippen molar-refractivity contribution < 1.29 is 33.3 Å². The van der Waals surface area contributed by atoms with Gasteiger partial charge >= 0.3 is 0 Å². The minimum absolute atomic E-state index is 0.0233. The molecule has 0 aliphatic carbocycles. The van der Waals surface area contributed by atoms with Gasteiger partial charge in [0, 0.05) is 53.4 Å². The molecule has 0 spiro atoms. The second-order valence-electron chi connectivity index (χ2n) is 7.17. The van der Waals surface area contributed by atoms with Crippen LogP contribution in [0.15, 0.2) is 48.5 Å². The van der Waals surface area contributed by atoms with Crippen molar-refractivity contribution in [3.8, 4) is 34.5 Å². The van der Waals surface area contributed by atoms with Gasteiger partial charge in [-0.3, -0.25) is 10.1 Å². The molecule has 0 aromatic heterocycles. The zero-order valence-electron chi connectivity index (χ0n) is 19.9. The van der Waals surface area contributed by atoms with Crippen LogP contribution in [0.1, 0.15) is 22.6 Å². The number of ether oxygens (including phenoxy) is 6. The third kappa shape index (κ3) is 4.63. The van der Waals surface area contributed by atoms with Crippen LogP contribution in [0, 0.1) is 10.1 Å². The van der Waals surface area contributed by atoms with Crippen LogP contribution >= 0.6 is 0 Å². The van der Waals surface area contributed by atoms with Crippen molar-refractivity contribution in [2.45, 2.75) is 5.92 Å². The van der Waals surface area contributed by atoms with Gasteiger partial charge in [-0.2, -0.15) is 0 Å². The molecule has 9 nitrogen and oxygen atoms in total. The number of nitrogens with zero attached hydrogens (tertiary/aromatic N) is 1. The molecule has 0 bridgehead atoms. The van der Waals surface area contributed by atoms with Crippen molar-refractivity contribution in [3.05, 3.63) is 75.3 Å². The van der Waals surface area contributed by atoms with E-state index in [9.17, 15) is 10.1 Å². The van der Waals surface area contributed by atoms with E-state index in [-0.39, 0.29) is 5.69 Å². The van der Waals surface area contributed by atoms with Crippen molar-refractivity contribution in [2.24, 2.45) is 0 Å². The Hall–Kier alpha value is -4.14. The average Bonchev–Trinajstić information content (AvgIpc) is 2.88. The van der Waals surface area contributed by atoms with Crippen molar-refractivity contribution in [1.82, 2.24) is 0 Å². The molecule has 0 N–H and O–H groups in total. The first-order valence-electron chi connectivity index (χ1n) is 10.3. The highest BCUT2D eigenvalue weighted by atomic mass is 16.6. The molecule has 0 fully saturated rings. The molecule has 0 aliphatic rings. The van der Waals surface area contributed by atoms with Gasteiger partial charge in [0.1, 0.15) is 34.5 Å². The summed E-state index contributed by atoms with van der Waals surface area (Å²) >= 11 is 0. The molecule has 9 heteroatoms. The third-order valence-corrected chi connectivity index (χ3v) is 5.52. The molecule has 0 atom stereocenters. The smallest absolute Gasteiger partial charge is 0.269 e. The minimum atomic E-state index is -0.549.